The molecular formula is C25H50O4. The molecule has 0 N–H and O–H groups in total. The van der Waals surface area contributed by atoms with Gasteiger partial charge in [-0.2, -0.15) is 9.78 Å². The molecule has 0 spiro atoms. The van der Waals surface area contributed by atoms with Gasteiger partial charge in [0.25, 0.3) is 0 Å². The fourth-order valence-corrected chi connectivity index (χ4v) is 4.06. The van der Waals surface area contributed by atoms with E-state index in [4.69, 9.17) is 19.6 Å². The zero-order valence-corrected chi connectivity index (χ0v) is 20.9. The van der Waals surface area contributed by atoms with Crippen LogP contribution in [0, 0.1) is 17.8 Å². The van der Waals surface area contributed by atoms with Gasteiger partial charge in [0.2, 0.25) is 5.79 Å². The molecule has 0 amide bonds. The van der Waals surface area contributed by atoms with Crippen molar-refractivity contribution < 1.29 is 19.6 Å². The second kappa shape index (κ2) is 12.0. The molecule has 0 bridgehead atoms. The summed E-state index contributed by atoms with van der Waals surface area (Å²) >= 11 is 0. The van der Waals surface area contributed by atoms with E-state index in [0.29, 0.717) is 11.8 Å². The van der Waals surface area contributed by atoms with E-state index in [1.54, 1.807) is 0 Å². The van der Waals surface area contributed by atoms with Crippen LogP contribution >= 0.6 is 0 Å². The maximum absolute atomic E-state index is 6.25. The van der Waals surface area contributed by atoms with Crippen LogP contribution in [0.3, 0.4) is 0 Å². The molecule has 1 fully saturated rings. The number of hydrogen-bond acceptors (Lipinski definition) is 4. The van der Waals surface area contributed by atoms with Crippen molar-refractivity contribution in [2.24, 2.45) is 17.8 Å². The van der Waals surface area contributed by atoms with Gasteiger partial charge in [-0.25, -0.2) is 9.78 Å². The molecule has 174 valence electrons. The minimum atomic E-state index is -0.850. The molecule has 1 aliphatic rings. The van der Waals surface area contributed by atoms with Crippen molar-refractivity contribution in [1.82, 2.24) is 0 Å². The number of hydrogen-bond donors (Lipinski definition) is 0. The highest BCUT2D eigenvalue weighted by Gasteiger charge is 2.51. The van der Waals surface area contributed by atoms with Gasteiger partial charge in [0.15, 0.2) is 0 Å². The summed E-state index contributed by atoms with van der Waals surface area (Å²) in [7, 11) is 0. The van der Waals surface area contributed by atoms with Crippen molar-refractivity contribution in [3.05, 3.63) is 0 Å². The van der Waals surface area contributed by atoms with E-state index >= 15 is 0 Å². The predicted molar refractivity (Wildman–Crippen MR) is 120 cm³/mol. The number of unbranched alkanes of at least 4 members (excludes halogenated alkanes) is 2. The van der Waals surface area contributed by atoms with E-state index in [9.17, 15) is 0 Å². The minimum absolute atomic E-state index is 0.186. The summed E-state index contributed by atoms with van der Waals surface area (Å²) in [6, 6.07) is 0. The topological polar surface area (TPSA) is 36.9 Å². The van der Waals surface area contributed by atoms with E-state index in [1.165, 1.54) is 0 Å². The zero-order valence-electron chi connectivity index (χ0n) is 20.9. The summed E-state index contributed by atoms with van der Waals surface area (Å²) in [5.41, 5.74) is -0.594. The summed E-state index contributed by atoms with van der Waals surface area (Å²) in [6.45, 7) is 19.9. The predicted octanol–water partition coefficient (Wildman–Crippen LogP) is 8.00. The maximum atomic E-state index is 6.25. The van der Waals surface area contributed by atoms with Gasteiger partial charge in [-0.3, -0.25) is 0 Å². The van der Waals surface area contributed by atoms with Gasteiger partial charge < -0.3 is 0 Å². The van der Waals surface area contributed by atoms with Crippen LogP contribution < -0.4 is 0 Å². The number of rotatable bonds is 14. The molecule has 29 heavy (non-hydrogen) atoms. The van der Waals surface area contributed by atoms with Crippen LogP contribution in [0.5, 0.6) is 0 Å². The molecule has 1 rings (SSSR count). The average molecular weight is 415 g/mol. The Morgan fingerprint density at radius 3 is 1.62 bits per heavy atom. The molecule has 0 aromatic carbocycles. The van der Waals surface area contributed by atoms with Crippen molar-refractivity contribution in [3.63, 3.8) is 0 Å². The highest BCUT2D eigenvalue weighted by Crippen LogP contribution is 2.46. The summed E-state index contributed by atoms with van der Waals surface area (Å²) in [6.07, 6.45) is 10.2. The van der Waals surface area contributed by atoms with Gasteiger partial charge in [0.1, 0.15) is 11.2 Å². The van der Waals surface area contributed by atoms with Crippen LogP contribution in [0.15, 0.2) is 0 Å². The lowest BCUT2D eigenvalue weighted by Crippen LogP contribution is -2.52. The standard InChI is InChI=1S/C25H50O4/c1-10-14-17-23(8,12-3)26-28-25(19-16-20(5)21(6)22(25)7)29-27-24(9,13-4)18-15-11-2/h20-22H,10-19H2,1-9H3. The quantitative estimate of drug-likeness (QED) is 0.164. The average Bonchev–Trinajstić information content (AvgIpc) is 2.73. The first-order valence-electron chi connectivity index (χ1n) is 12.3. The van der Waals surface area contributed by atoms with Crippen molar-refractivity contribution in [2.75, 3.05) is 0 Å². The van der Waals surface area contributed by atoms with Gasteiger partial charge >= 0.3 is 0 Å². The molecule has 0 aromatic rings. The molecule has 0 aromatic heterocycles. The second-order valence-corrected chi connectivity index (χ2v) is 10.1. The minimum Gasteiger partial charge on any atom is -0.227 e. The Morgan fingerprint density at radius 1 is 0.793 bits per heavy atom. The summed E-state index contributed by atoms with van der Waals surface area (Å²) in [5, 5.41) is 0. The Hall–Kier alpha value is -0.160. The first-order valence-corrected chi connectivity index (χ1v) is 12.3. The molecule has 0 aliphatic heterocycles. The summed E-state index contributed by atoms with van der Waals surface area (Å²) in [5.74, 6) is 0.450. The van der Waals surface area contributed by atoms with E-state index in [0.717, 1.165) is 64.2 Å². The van der Waals surface area contributed by atoms with Crippen molar-refractivity contribution in [3.8, 4) is 0 Å². The van der Waals surface area contributed by atoms with Crippen LogP contribution in [-0.2, 0) is 19.6 Å². The molecule has 4 nitrogen and oxygen atoms in total. The second-order valence-electron chi connectivity index (χ2n) is 10.1. The van der Waals surface area contributed by atoms with Crippen LogP contribution in [0.2, 0.25) is 0 Å². The van der Waals surface area contributed by atoms with Crippen LogP contribution in [0.1, 0.15) is 127 Å². The lowest BCUT2D eigenvalue weighted by atomic mass is 9.71. The Balaban J connectivity index is 2.98. The SMILES string of the molecule is CCCCC(C)(CC)OOC1(OOC(C)(CC)CCCC)CCC(C)C(C)C1C. The molecule has 0 saturated heterocycles. The van der Waals surface area contributed by atoms with Crippen molar-refractivity contribution >= 4 is 0 Å². The maximum Gasteiger partial charge on any atom is 0.236 e. The zero-order chi connectivity index (χ0) is 22.1. The Kier molecular flexibility index (Phi) is 11.1. The highest BCUT2D eigenvalue weighted by atomic mass is 17.3. The van der Waals surface area contributed by atoms with Crippen molar-refractivity contribution in [2.45, 2.75) is 144 Å². The largest absolute Gasteiger partial charge is 0.236 e. The van der Waals surface area contributed by atoms with Gasteiger partial charge in [-0.1, -0.05) is 74.1 Å². The molecule has 5 unspecified atom stereocenters. The van der Waals surface area contributed by atoms with Gasteiger partial charge in [0, 0.05) is 12.3 Å². The van der Waals surface area contributed by atoms with Crippen molar-refractivity contribution in [1.29, 1.82) is 0 Å². The molecule has 0 radical (unpaired) electrons. The Bertz CT molecular complexity index is 428. The Labute approximate surface area is 181 Å². The van der Waals surface area contributed by atoms with Gasteiger partial charge in [0.05, 0.1) is 0 Å². The van der Waals surface area contributed by atoms with E-state index in [2.05, 4.69) is 62.3 Å². The Morgan fingerprint density at radius 2 is 1.24 bits per heavy atom. The molecular weight excluding hydrogens is 364 g/mol. The monoisotopic (exact) mass is 414 g/mol. The van der Waals surface area contributed by atoms with Gasteiger partial charge in [-0.05, 0) is 57.8 Å². The molecule has 0 heterocycles. The molecule has 1 saturated carbocycles. The van der Waals surface area contributed by atoms with E-state index in [1.807, 2.05) is 0 Å². The lowest BCUT2D eigenvalue weighted by Gasteiger charge is -2.47. The highest BCUT2D eigenvalue weighted by molar-refractivity contribution is 4.88. The van der Waals surface area contributed by atoms with E-state index < -0.39 is 5.79 Å². The third kappa shape index (κ3) is 7.48. The first kappa shape index (κ1) is 26.9. The third-order valence-electron chi connectivity index (χ3n) is 7.71. The van der Waals surface area contributed by atoms with Crippen LogP contribution in [0.4, 0.5) is 0 Å². The van der Waals surface area contributed by atoms with Crippen LogP contribution in [0.25, 0.3) is 0 Å². The fourth-order valence-electron chi connectivity index (χ4n) is 4.06. The molecule has 1 aliphatic carbocycles. The lowest BCUT2D eigenvalue weighted by molar-refractivity contribution is -0.563. The first-order chi connectivity index (χ1) is 13.6. The normalized spacial score (nSPS) is 32.0. The summed E-state index contributed by atoms with van der Waals surface area (Å²) in [4.78, 5) is 24.8. The fraction of sp³-hybridized carbons (Fsp3) is 1.00. The summed E-state index contributed by atoms with van der Waals surface area (Å²) < 4.78 is 0. The van der Waals surface area contributed by atoms with Gasteiger partial charge in [-0.15, -0.1) is 0 Å². The molecule has 5 atom stereocenters. The third-order valence-corrected chi connectivity index (χ3v) is 7.71. The molecule has 4 heteroatoms. The van der Waals surface area contributed by atoms with Crippen LogP contribution in [-0.4, -0.2) is 17.0 Å². The van der Waals surface area contributed by atoms with E-state index in [-0.39, 0.29) is 17.1 Å². The smallest absolute Gasteiger partial charge is 0.227 e.